The second kappa shape index (κ2) is 7.61. The zero-order chi connectivity index (χ0) is 17.6. The zero-order valence-electron chi connectivity index (χ0n) is 13.7. The Balaban J connectivity index is 1.49. The van der Waals surface area contributed by atoms with Crippen molar-refractivity contribution in [3.05, 3.63) is 48.0 Å². The molecule has 0 saturated carbocycles. The summed E-state index contributed by atoms with van der Waals surface area (Å²) in [5.41, 5.74) is 0.874. The normalized spacial score (nSPS) is 12.4. The first-order valence-electron chi connectivity index (χ1n) is 7.79. The van der Waals surface area contributed by atoms with Gasteiger partial charge in [0.05, 0.1) is 7.11 Å². The average molecular weight is 342 g/mol. The third-order valence-electron chi connectivity index (χ3n) is 3.60. The maximum Gasteiger partial charge on any atom is 0.311 e. The number of phenolic OH excluding ortho intramolecular Hbond substituents is 1. The van der Waals surface area contributed by atoms with Gasteiger partial charge >= 0.3 is 5.97 Å². The highest BCUT2D eigenvalue weighted by Crippen LogP contribution is 2.35. The molecule has 0 aromatic heterocycles. The molecule has 6 heteroatoms. The summed E-state index contributed by atoms with van der Waals surface area (Å²) >= 11 is 0. The largest absolute Gasteiger partial charge is 0.504 e. The van der Waals surface area contributed by atoms with E-state index in [1.54, 1.807) is 36.4 Å². The molecule has 0 aliphatic carbocycles. The van der Waals surface area contributed by atoms with Crippen LogP contribution >= 0.6 is 0 Å². The van der Waals surface area contributed by atoms with Crippen molar-refractivity contribution in [3.8, 4) is 28.7 Å². The van der Waals surface area contributed by atoms with Crippen LogP contribution in [0.25, 0.3) is 6.08 Å². The second-order valence-corrected chi connectivity index (χ2v) is 5.36. The third kappa shape index (κ3) is 4.23. The highest BCUT2D eigenvalue weighted by atomic mass is 16.7. The summed E-state index contributed by atoms with van der Waals surface area (Å²) < 4.78 is 20.8. The molecule has 0 spiro atoms. The maximum absolute atomic E-state index is 11.9. The molecule has 25 heavy (non-hydrogen) atoms. The van der Waals surface area contributed by atoms with Gasteiger partial charge in [0.15, 0.2) is 23.0 Å². The molecule has 0 atom stereocenters. The van der Waals surface area contributed by atoms with Gasteiger partial charge in [-0.25, -0.2) is 0 Å². The number of phenols is 1. The Morgan fingerprint density at radius 2 is 2.04 bits per heavy atom. The minimum atomic E-state index is -0.327. The standard InChI is InChI=1S/C19H18O6/c1-22-17-10-13(6-8-15(17)20)4-2-3-5-19(21)25-14-7-9-16-18(11-14)24-12-23-16/h2,4,6-11,20H,3,5,12H2,1H3/b4-2+. The molecule has 2 aromatic carbocycles. The zero-order valence-corrected chi connectivity index (χ0v) is 13.7. The van der Waals surface area contributed by atoms with E-state index >= 15 is 0 Å². The van der Waals surface area contributed by atoms with Crippen LogP contribution in [0, 0.1) is 0 Å². The van der Waals surface area contributed by atoms with Crippen molar-refractivity contribution in [2.75, 3.05) is 13.9 Å². The molecule has 0 amide bonds. The molecule has 1 N–H and O–H groups in total. The number of ether oxygens (including phenoxy) is 4. The molecule has 0 unspecified atom stereocenters. The number of fused-ring (bicyclic) bond motifs is 1. The molecule has 2 aromatic rings. The Kier molecular flexibility index (Phi) is 5.09. The smallest absolute Gasteiger partial charge is 0.311 e. The lowest BCUT2D eigenvalue weighted by molar-refractivity contribution is -0.134. The van der Waals surface area contributed by atoms with Crippen molar-refractivity contribution in [1.29, 1.82) is 0 Å². The van der Waals surface area contributed by atoms with Gasteiger partial charge < -0.3 is 24.1 Å². The molecule has 0 fully saturated rings. The van der Waals surface area contributed by atoms with Crippen LogP contribution in [0.5, 0.6) is 28.7 Å². The fraction of sp³-hybridized carbons (Fsp3) is 0.211. The van der Waals surface area contributed by atoms with Gasteiger partial charge in [-0.2, -0.15) is 0 Å². The molecule has 3 rings (SSSR count). The average Bonchev–Trinajstić information content (AvgIpc) is 3.07. The Labute approximate surface area is 145 Å². The van der Waals surface area contributed by atoms with Crippen molar-refractivity contribution in [1.82, 2.24) is 0 Å². The van der Waals surface area contributed by atoms with E-state index in [0.29, 0.717) is 29.4 Å². The highest BCUT2D eigenvalue weighted by molar-refractivity contribution is 5.73. The monoisotopic (exact) mass is 342 g/mol. The van der Waals surface area contributed by atoms with E-state index in [0.717, 1.165) is 5.56 Å². The quantitative estimate of drug-likeness (QED) is 0.639. The van der Waals surface area contributed by atoms with Gasteiger partial charge in [-0.3, -0.25) is 4.79 Å². The molecule has 0 bridgehead atoms. The van der Waals surface area contributed by atoms with Crippen LogP contribution in [-0.4, -0.2) is 25.0 Å². The van der Waals surface area contributed by atoms with Crippen LogP contribution in [0.15, 0.2) is 42.5 Å². The van der Waals surface area contributed by atoms with Gasteiger partial charge in [0.25, 0.3) is 0 Å². The Bertz CT molecular complexity index is 796. The van der Waals surface area contributed by atoms with E-state index < -0.39 is 0 Å². The highest BCUT2D eigenvalue weighted by Gasteiger charge is 2.14. The van der Waals surface area contributed by atoms with Crippen molar-refractivity contribution in [2.45, 2.75) is 12.8 Å². The molecule has 1 aliphatic rings. The van der Waals surface area contributed by atoms with Crippen LogP contribution in [0.3, 0.4) is 0 Å². The number of hydrogen-bond acceptors (Lipinski definition) is 6. The summed E-state index contributed by atoms with van der Waals surface area (Å²) in [7, 11) is 1.49. The third-order valence-corrected chi connectivity index (χ3v) is 3.60. The van der Waals surface area contributed by atoms with E-state index in [1.807, 2.05) is 12.2 Å². The number of allylic oxidation sites excluding steroid dienone is 1. The van der Waals surface area contributed by atoms with Gasteiger partial charge in [0.1, 0.15) is 5.75 Å². The van der Waals surface area contributed by atoms with Gasteiger partial charge in [0, 0.05) is 12.5 Å². The summed E-state index contributed by atoms with van der Waals surface area (Å²) in [5.74, 6) is 1.82. The molecular formula is C19H18O6. The number of hydrogen-bond donors (Lipinski definition) is 1. The first kappa shape index (κ1) is 16.7. The van der Waals surface area contributed by atoms with E-state index in [-0.39, 0.29) is 24.9 Å². The van der Waals surface area contributed by atoms with Crippen molar-refractivity contribution in [2.24, 2.45) is 0 Å². The lowest BCUT2D eigenvalue weighted by Gasteiger charge is -2.04. The van der Waals surface area contributed by atoms with Crippen molar-refractivity contribution < 1.29 is 28.8 Å². The fourth-order valence-electron chi connectivity index (χ4n) is 2.34. The number of carbonyl (C=O) groups excluding carboxylic acids is 1. The molecule has 0 radical (unpaired) electrons. The number of benzene rings is 2. The summed E-state index contributed by atoms with van der Waals surface area (Å²) in [6.07, 6.45) is 4.51. The number of methoxy groups -OCH3 is 1. The predicted octanol–water partition coefficient (Wildman–Crippen LogP) is 3.53. The van der Waals surface area contributed by atoms with E-state index in [1.165, 1.54) is 7.11 Å². The minimum Gasteiger partial charge on any atom is -0.504 e. The van der Waals surface area contributed by atoms with Gasteiger partial charge in [-0.1, -0.05) is 18.2 Å². The van der Waals surface area contributed by atoms with Crippen molar-refractivity contribution >= 4 is 12.0 Å². The van der Waals surface area contributed by atoms with Crippen LogP contribution in [0.2, 0.25) is 0 Å². The summed E-state index contributed by atoms with van der Waals surface area (Å²) in [5, 5.41) is 9.55. The molecule has 0 saturated heterocycles. The number of aromatic hydroxyl groups is 1. The Morgan fingerprint density at radius 1 is 1.20 bits per heavy atom. The number of rotatable bonds is 6. The predicted molar refractivity (Wildman–Crippen MR) is 91.1 cm³/mol. The van der Waals surface area contributed by atoms with E-state index in [9.17, 15) is 9.90 Å². The lowest BCUT2D eigenvalue weighted by Crippen LogP contribution is -2.06. The summed E-state index contributed by atoms with van der Waals surface area (Å²) in [4.78, 5) is 11.9. The molecule has 130 valence electrons. The topological polar surface area (TPSA) is 74.2 Å². The van der Waals surface area contributed by atoms with Gasteiger partial charge in [0.2, 0.25) is 6.79 Å². The first-order chi connectivity index (χ1) is 12.2. The Hall–Kier alpha value is -3.15. The number of carbonyl (C=O) groups is 1. The summed E-state index contributed by atoms with van der Waals surface area (Å²) in [6.45, 7) is 0.180. The first-order valence-corrected chi connectivity index (χ1v) is 7.79. The van der Waals surface area contributed by atoms with E-state index in [4.69, 9.17) is 18.9 Å². The fourth-order valence-corrected chi connectivity index (χ4v) is 2.34. The number of esters is 1. The molecule has 6 nitrogen and oxygen atoms in total. The van der Waals surface area contributed by atoms with Gasteiger partial charge in [-0.05, 0) is 36.2 Å². The van der Waals surface area contributed by atoms with Crippen molar-refractivity contribution in [3.63, 3.8) is 0 Å². The Morgan fingerprint density at radius 3 is 2.88 bits per heavy atom. The lowest BCUT2D eigenvalue weighted by atomic mass is 10.1. The molecular weight excluding hydrogens is 324 g/mol. The SMILES string of the molecule is COc1cc(/C=C/CCC(=O)Oc2ccc3c(c2)OCO3)ccc1O. The summed E-state index contributed by atoms with van der Waals surface area (Å²) in [6, 6.07) is 10.1. The molecule has 1 aliphatic heterocycles. The van der Waals surface area contributed by atoms with Crippen LogP contribution in [0.1, 0.15) is 18.4 Å². The van der Waals surface area contributed by atoms with Crippen LogP contribution in [-0.2, 0) is 4.79 Å². The van der Waals surface area contributed by atoms with E-state index in [2.05, 4.69) is 0 Å². The van der Waals surface area contributed by atoms with Crippen LogP contribution in [0.4, 0.5) is 0 Å². The van der Waals surface area contributed by atoms with Gasteiger partial charge in [-0.15, -0.1) is 0 Å². The maximum atomic E-state index is 11.9. The second-order valence-electron chi connectivity index (χ2n) is 5.36. The molecule has 1 heterocycles. The minimum absolute atomic E-state index is 0.0898. The van der Waals surface area contributed by atoms with Crippen LogP contribution < -0.4 is 18.9 Å².